The minimum Gasteiger partial charge on any atom is -0.316 e. The molecule has 4 aliphatic rings. The highest BCUT2D eigenvalue weighted by molar-refractivity contribution is 5.17. The molecule has 0 unspecified atom stereocenters. The van der Waals surface area contributed by atoms with Crippen LogP contribution in [0.4, 0.5) is 4.39 Å². The van der Waals surface area contributed by atoms with Crippen LogP contribution in [0.5, 0.6) is 0 Å². The smallest absolute Gasteiger partial charge is 0.126 e. The van der Waals surface area contributed by atoms with Gasteiger partial charge in [-0.05, 0) is 92.8 Å². The SMILES string of the molecule is Fc1ccccc1CCNCC1C2CC3CC(C2)CC1C3. The molecule has 5 rings (SSSR count). The third kappa shape index (κ3) is 2.75. The van der Waals surface area contributed by atoms with Crippen molar-refractivity contribution >= 4 is 0 Å². The molecule has 1 N–H and O–H groups in total. The summed E-state index contributed by atoms with van der Waals surface area (Å²) in [4.78, 5) is 0. The maximum absolute atomic E-state index is 13.6. The highest BCUT2D eigenvalue weighted by atomic mass is 19.1. The molecule has 21 heavy (non-hydrogen) atoms. The van der Waals surface area contributed by atoms with Gasteiger partial charge in [0.05, 0.1) is 0 Å². The Balaban J connectivity index is 1.27. The quantitative estimate of drug-likeness (QED) is 0.806. The molecule has 4 saturated carbocycles. The van der Waals surface area contributed by atoms with Gasteiger partial charge in [-0.1, -0.05) is 18.2 Å². The summed E-state index contributed by atoms with van der Waals surface area (Å²) in [5.41, 5.74) is 0.843. The molecule has 114 valence electrons. The van der Waals surface area contributed by atoms with E-state index < -0.39 is 0 Å². The lowest BCUT2D eigenvalue weighted by atomic mass is 9.52. The predicted octanol–water partition coefficient (Wildman–Crippen LogP) is 4.03. The fraction of sp³-hybridized carbons (Fsp3) is 0.684. The van der Waals surface area contributed by atoms with Gasteiger partial charge in [-0.15, -0.1) is 0 Å². The van der Waals surface area contributed by atoms with E-state index in [1.165, 1.54) is 32.1 Å². The van der Waals surface area contributed by atoms with Gasteiger partial charge in [-0.25, -0.2) is 4.39 Å². The van der Waals surface area contributed by atoms with Gasteiger partial charge < -0.3 is 5.32 Å². The van der Waals surface area contributed by atoms with Crippen molar-refractivity contribution in [3.8, 4) is 0 Å². The van der Waals surface area contributed by atoms with Crippen LogP contribution in [0.3, 0.4) is 0 Å². The Labute approximate surface area is 127 Å². The highest BCUT2D eigenvalue weighted by Crippen LogP contribution is 2.56. The summed E-state index contributed by atoms with van der Waals surface area (Å²) in [6.45, 7) is 2.06. The molecule has 1 nitrogen and oxygen atoms in total. The van der Waals surface area contributed by atoms with Gasteiger partial charge >= 0.3 is 0 Å². The predicted molar refractivity (Wildman–Crippen MR) is 83.5 cm³/mol. The van der Waals surface area contributed by atoms with Gasteiger partial charge in [0.2, 0.25) is 0 Å². The lowest BCUT2D eigenvalue weighted by molar-refractivity contribution is -0.0353. The first-order valence-corrected chi connectivity index (χ1v) is 8.73. The van der Waals surface area contributed by atoms with E-state index in [2.05, 4.69) is 5.32 Å². The Kier molecular flexibility index (Phi) is 3.74. The Bertz CT molecular complexity index is 470. The van der Waals surface area contributed by atoms with Crippen LogP contribution in [0.1, 0.15) is 37.7 Å². The number of nitrogens with one attached hydrogen (secondary N) is 1. The zero-order valence-corrected chi connectivity index (χ0v) is 12.7. The normalized spacial score (nSPS) is 37.1. The molecule has 0 saturated heterocycles. The Morgan fingerprint density at radius 2 is 1.62 bits per heavy atom. The van der Waals surface area contributed by atoms with E-state index in [1.54, 1.807) is 12.1 Å². The molecule has 0 heterocycles. The van der Waals surface area contributed by atoms with Crippen molar-refractivity contribution in [2.75, 3.05) is 13.1 Å². The number of hydrogen-bond donors (Lipinski definition) is 1. The first kappa shape index (κ1) is 13.8. The minimum atomic E-state index is -0.0612. The summed E-state index contributed by atoms with van der Waals surface area (Å²) in [6.07, 6.45) is 8.30. The van der Waals surface area contributed by atoms with Crippen LogP contribution < -0.4 is 5.32 Å². The van der Waals surface area contributed by atoms with E-state index in [4.69, 9.17) is 0 Å². The minimum absolute atomic E-state index is 0.0612. The van der Waals surface area contributed by atoms with Crippen molar-refractivity contribution < 1.29 is 4.39 Å². The zero-order valence-electron chi connectivity index (χ0n) is 12.7. The number of benzene rings is 1. The zero-order chi connectivity index (χ0) is 14.2. The van der Waals surface area contributed by atoms with E-state index in [1.807, 2.05) is 12.1 Å². The second kappa shape index (κ2) is 5.72. The molecule has 0 aromatic heterocycles. The molecule has 2 heteroatoms. The highest BCUT2D eigenvalue weighted by Gasteiger charge is 2.47. The van der Waals surface area contributed by atoms with Crippen molar-refractivity contribution in [2.45, 2.75) is 38.5 Å². The second-order valence-corrected chi connectivity index (χ2v) is 7.64. The summed E-state index contributed by atoms with van der Waals surface area (Å²) in [7, 11) is 0. The maximum atomic E-state index is 13.6. The van der Waals surface area contributed by atoms with Crippen LogP contribution in [-0.2, 0) is 6.42 Å². The summed E-state index contributed by atoms with van der Waals surface area (Å²) in [5.74, 6) is 4.93. The van der Waals surface area contributed by atoms with Gasteiger partial charge in [0.15, 0.2) is 0 Å². The molecule has 0 amide bonds. The molecule has 1 aromatic rings. The Morgan fingerprint density at radius 1 is 0.952 bits per heavy atom. The van der Waals surface area contributed by atoms with Crippen LogP contribution in [0.25, 0.3) is 0 Å². The third-order valence-electron chi connectivity index (χ3n) is 6.33. The monoisotopic (exact) mass is 287 g/mol. The average Bonchev–Trinajstić information content (AvgIpc) is 2.47. The van der Waals surface area contributed by atoms with Gasteiger partial charge in [-0.3, -0.25) is 0 Å². The molecule has 0 atom stereocenters. The Morgan fingerprint density at radius 3 is 2.29 bits per heavy atom. The van der Waals surface area contributed by atoms with Crippen LogP contribution in [0.15, 0.2) is 24.3 Å². The molecule has 4 aliphatic carbocycles. The third-order valence-corrected chi connectivity index (χ3v) is 6.33. The van der Waals surface area contributed by atoms with E-state index in [9.17, 15) is 4.39 Å². The molecule has 0 radical (unpaired) electrons. The lowest BCUT2D eigenvalue weighted by Gasteiger charge is -2.54. The molecule has 0 aliphatic heterocycles. The van der Waals surface area contributed by atoms with E-state index in [0.717, 1.165) is 54.7 Å². The molecule has 4 bridgehead atoms. The van der Waals surface area contributed by atoms with Crippen molar-refractivity contribution in [3.63, 3.8) is 0 Å². The lowest BCUT2D eigenvalue weighted by Crippen LogP contribution is -2.48. The van der Waals surface area contributed by atoms with Crippen molar-refractivity contribution in [3.05, 3.63) is 35.6 Å². The van der Waals surface area contributed by atoms with E-state index >= 15 is 0 Å². The van der Waals surface area contributed by atoms with Crippen molar-refractivity contribution in [1.29, 1.82) is 0 Å². The number of rotatable bonds is 5. The molecular weight excluding hydrogens is 261 g/mol. The Hall–Kier alpha value is -0.890. The number of halogens is 1. The molecule has 4 fully saturated rings. The van der Waals surface area contributed by atoms with Gasteiger partial charge in [-0.2, -0.15) is 0 Å². The largest absolute Gasteiger partial charge is 0.316 e. The molecule has 0 spiro atoms. The molecular formula is C19H26FN. The van der Waals surface area contributed by atoms with Crippen molar-refractivity contribution in [2.24, 2.45) is 29.6 Å². The van der Waals surface area contributed by atoms with Crippen LogP contribution in [-0.4, -0.2) is 13.1 Å². The second-order valence-electron chi connectivity index (χ2n) is 7.64. The van der Waals surface area contributed by atoms with Crippen LogP contribution >= 0.6 is 0 Å². The number of hydrogen-bond acceptors (Lipinski definition) is 1. The van der Waals surface area contributed by atoms with Gasteiger partial charge in [0.25, 0.3) is 0 Å². The maximum Gasteiger partial charge on any atom is 0.126 e. The topological polar surface area (TPSA) is 12.0 Å². The van der Waals surface area contributed by atoms with E-state index in [0.29, 0.717) is 0 Å². The fourth-order valence-corrected chi connectivity index (χ4v) is 5.56. The summed E-state index contributed by atoms with van der Waals surface area (Å²) in [6, 6.07) is 7.16. The first-order chi connectivity index (χ1) is 10.3. The first-order valence-electron chi connectivity index (χ1n) is 8.73. The molecule has 1 aromatic carbocycles. The van der Waals surface area contributed by atoms with Gasteiger partial charge in [0, 0.05) is 0 Å². The van der Waals surface area contributed by atoms with Crippen molar-refractivity contribution in [1.82, 2.24) is 5.32 Å². The van der Waals surface area contributed by atoms with Crippen LogP contribution in [0, 0.1) is 35.4 Å². The van der Waals surface area contributed by atoms with E-state index in [-0.39, 0.29) is 5.82 Å². The average molecular weight is 287 g/mol. The van der Waals surface area contributed by atoms with Crippen LogP contribution in [0.2, 0.25) is 0 Å². The van der Waals surface area contributed by atoms with Gasteiger partial charge in [0.1, 0.15) is 5.82 Å². The standard InChI is InChI=1S/C19H26FN/c20-19-4-2-1-3-15(19)5-6-21-12-18-16-8-13-7-14(10-16)11-17(18)9-13/h1-4,13-14,16-18,21H,5-12H2. The summed E-state index contributed by atoms with van der Waals surface area (Å²) in [5, 5.41) is 3.62. The fourth-order valence-electron chi connectivity index (χ4n) is 5.56. The summed E-state index contributed by atoms with van der Waals surface area (Å²) >= 11 is 0. The summed E-state index contributed by atoms with van der Waals surface area (Å²) < 4.78 is 13.6.